The highest BCUT2D eigenvalue weighted by Crippen LogP contribution is 2.13. The molecule has 0 atom stereocenters. The first-order valence-electron chi connectivity index (χ1n) is 5.38. The fourth-order valence-corrected chi connectivity index (χ4v) is 1.35. The van der Waals surface area contributed by atoms with Gasteiger partial charge in [0.25, 0.3) is 0 Å². The van der Waals surface area contributed by atoms with Gasteiger partial charge in [0.2, 0.25) is 5.82 Å². The average Bonchev–Trinajstić information content (AvgIpc) is 2.78. The Morgan fingerprint density at radius 1 is 1.39 bits per heavy atom. The number of rotatable bonds is 4. The van der Waals surface area contributed by atoms with Gasteiger partial charge in [-0.05, 0) is 36.4 Å². The van der Waals surface area contributed by atoms with Crippen molar-refractivity contribution in [1.29, 1.82) is 0 Å². The molecule has 0 fully saturated rings. The number of benzene rings is 1. The lowest BCUT2D eigenvalue weighted by atomic mass is 10.2. The Morgan fingerprint density at radius 3 is 2.78 bits per heavy atom. The number of carbonyl (C=O) groups is 1. The number of aromatic nitrogens is 4. The molecule has 0 bridgehead atoms. The van der Waals surface area contributed by atoms with Gasteiger partial charge >= 0.3 is 5.97 Å². The highest BCUT2D eigenvalue weighted by molar-refractivity contribution is 5.68. The number of ether oxygens (including phenoxy) is 1. The molecule has 0 aliphatic carbocycles. The van der Waals surface area contributed by atoms with Gasteiger partial charge < -0.3 is 4.74 Å². The van der Waals surface area contributed by atoms with Gasteiger partial charge in [-0.3, -0.25) is 0 Å². The molecule has 7 heteroatoms. The Labute approximate surface area is 102 Å². The molecule has 0 N–H and O–H groups in total. The van der Waals surface area contributed by atoms with Crippen LogP contribution in [0.2, 0.25) is 0 Å². The molecule has 1 aromatic carbocycles. The number of hydrogen-bond donors (Lipinski definition) is 0. The van der Waals surface area contributed by atoms with E-state index in [1.807, 2.05) is 0 Å². The van der Waals surface area contributed by atoms with Gasteiger partial charge in [0.15, 0.2) is 6.54 Å². The largest absolute Gasteiger partial charge is 0.465 e. The molecule has 0 radical (unpaired) electrons. The van der Waals surface area contributed by atoms with E-state index in [9.17, 15) is 9.18 Å². The molecule has 0 aliphatic rings. The van der Waals surface area contributed by atoms with Crippen LogP contribution in [0.15, 0.2) is 24.3 Å². The molecule has 6 nitrogen and oxygen atoms in total. The van der Waals surface area contributed by atoms with Crippen molar-refractivity contribution in [1.82, 2.24) is 20.2 Å². The van der Waals surface area contributed by atoms with E-state index in [2.05, 4.69) is 15.4 Å². The lowest BCUT2D eigenvalue weighted by Crippen LogP contribution is -2.15. The minimum Gasteiger partial charge on any atom is -0.465 e. The first kappa shape index (κ1) is 12.2. The third kappa shape index (κ3) is 2.88. The van der Waals surface area contributed by atoms with Crippen LogP contribution in [0, 0.1) is 5.82 Å². The van der Waals surface area contributed by atoms with Crippen LogP contribution in [0.5, 0.6) is 0 Å². The van der Waals surface area contributed by atoms with E-state index >= 15 is 0 Å². The Morgan fingerprint density at radius 2 is 2.11 bits per heavy atom. The maximum absolute atomic E-state index is 12.7. The van der Waals surface area contributed by atoms with Crippen molar-refractivity contribution in [3.63, 3.8) is 0 Å². The highest BCUT2D eigenvalue weighted by atomic mass is 19.1. The van der Waals surface area contributed by atoms with Crippen molar-refractivity contribution in [3.8, 4) is 11.4 Å². The summed E-state index contributed by atoms with van der Waals surface area (Å²) in [4.78, 5) is 12.3. The summed E-state index contributed by atoms with van der Waals surface area (Å²) in [5, 5.41) is 11.5. The van der Waals surface area contributed by atoms with Gasteiger partial charge in [0.05, 0.1) is 6.61 Å². The summed E-state index contributed by atoms with van der Waals surface area (Å²) in [6.45, 7) is 1.93. The Hall–Kier alpha value is -2.31. The first-order chi connectivity index (χ1) is 8.69. The molecule has 0 spiro atoms. The molecule has 18 heavy (non-hydrogen) atoms. The number of carbonyl (C=O) groups excluding carboxylic acids is 1. The minimum absolute atomic E-state index is 0.0952. The van der Waals surface area contributed by atoms with Crippen molar-refractivity contribution in [2.24, 2.45) is 0 Å². The highest BCUT2D eigenvalue weighted by Gasteiger charge is 2.09. The summed E-state index contributed by atoms with van der Waals surface area (Å²) in [6.07, 6.45) is 0. The zero-order valence-electron chi connectivity index (χ0n) is 9.71. The molecular weight excluding hydrogens is 239 g/mol. The second kappa shape index (κ2) is 5.35. The van der Waals surface area contributed by atoms with Crippen molar-refractivity contribution in [2.45, 2.75) is 13.5 Å². The summed E-state index contributed by atoms with van der Waals surface area (Å²) in [6, 6.07) is 5.70. The third-order valence-electron chi connectivity index (χ3n) is 2.13. The molecule has 2 aromatic rings. The molecule has 0 amide bonds. The second-order valence-corrected chi connectivity index (χ2v) is 3.46. The summed E-state index contributed by atoms with van der Waals surface area (Å²) in [5.41, 5.74) is 0.631. The zero-order chi connectivity index (χ0) is 13.0. The van der Waals surface area contributed by atoms with Crippen LogP contribution >= 0.6 is 0 Å². The Balaban J connectivity index is 2.10. The average molecular weight is 250 g/mol. The van der Waals surface area contributed by atoms with E-state index in [1.54, 1.807) is 19.1 Å². The van der Waals surface area contributed by atoms with Gasteiger partial charge in [-0.25, -0.2) is 9.18 Å². The molecular formula is C11H11FN4O2. The van der Waals surface area contributed by atoms with Crippen molar-refractivity contribution < 1.29 is 13.9 Å². The van der Waals surface area contributed by atoms with E-state index in [0.29, 0.717) is 18.0 Å². The normalized spacial score (nSPS) is 10.3. The second-order valence-electron chi connectivity index (χ2n) is 3.46. The van der Waals surface area contributed by atoms with Crippen LogP contribution in [0.1, 0.15) is 6.92 Å². The van der Waals surface area contributed by atoms with E-state index < -0.39 is 5.97 Å². The van der Waals surface area contributed by atoms with Gasteiger partial charge in [-0.1, -0.05) is 0 Å². The smallest absolute Gasteiger partial charge is 0.329 e. The SMILES string of the molecule is CCOC(=O)Cn1nnc(-c2ccc(F)cc2)n1. The van der Waals surface area contributed by atoms with Crippen LogP contribution in [0.4, 0.5) is 4.39 Å². The quantitative estimate of drug-likeness (QED) is 0.758. The van der Waals surface area contributed by atoms with Gasteiger partial charge in [0.1, 0.15) is 5.82 Å². The summed E-state index contributed by atoms with van der Waals surface area (Å²) in [7, 11) is 0. The summed E-state index contributed by atoms with van der Waals surface area (Å²) >= 11 is 0. The number of hydrogen-bond acceptors (Lipinski definition) is 5. The third-order valence-corrected chi connectivity index (χ3v) is 2.13. The zero-order valence-corrected chi connectivity index (χ0v) is 9.71. The predicted molar refractivity (Wildman–Crippen MR) is 59.8 cm³/mol. The molecule has 2 rings (SSSR count). The number of nitrogens with zero attached hydrogens (tertiary/aromatic N) is 4. The molecule has 1 heterocycles. The maximum atomic E-state index is 12.7. The van der Waals surface area contributed by atoms with Gasteiger partial charge in [0, 0.05) is 5.56 Å². The molecule has 94 valence electrons. The molecule has 0 unspecified atom stereocenters. The van der Waals surface area contributed by atoms with E-state index in [1.165, 1.54) is 12.1 Å². The van der Waals surface area contributed by atoms with E-state index in [4.69, 9.17) is 4.74 Å². The lowest BCUT2D eigenvalue weighted by molar-refractivity contribution is -0.144. The predicted octanol–water partition coefficient (Wildman–Crippen LogP) is 1.04. The molecule has 0 saturated carbocycles. The monoisotopic (exact) mass is 250 g/mol. The van der Waals surface area contributed by atoms with Crippen LogP contribution in [-0.2, 0) is 16.1 Å². The van der Waals surface area contributed by atoms with Crippen molar-refractivity contribution >= 4 is 5.97 Å². The minimum atomic E-state index is -0.430. The van der Waals surface area contributed by atoms with Gasteiger partial charge in [-0.15, -0.1) is 10.2 Å². The van der Waals surface area contributed by atoms with Crippen LogP contribution in [0.3, 0.4) is 0 Å². The molecule has 0 aliphatic heterocycles. The number of esters is 1. The standard InChI is InChI=1S/C11H11FN4O2/c1-2-18-10(17)7-16-14-11(13-15-16)8-3-5-9(12)6-4-8/h3-6H,2,7H2,1H3. The summed E-state index contributed by atoms with van der Waals surface area (Å²) < 4.78 is 17.5. The molecule has 1 aromatic heterocycles. The topological polar surface area (TPSA) is 69.9 Å². The van der Waals surface area contributed by atoms with Crippen LogP contribution < -0.4 is 0 Å². The first-order valence-corrected chi connectivity index (χ1v) is 5.38. The van der Waals surface area contributed by atoms with Crippen LogP contribution in [0.25, 0.3) is 11.4 Å². The molecule has 0 saturated heterocycles. The van der Waals surface area contributed by atoms with Crippen molar-refractivity contribution in [2.75, 3.05) is 6.61 Å². The Kier molecular flexibility index (Phi) is 3.61. The maximum Gasteiger partial charge on any atom is 0.329 e. The fourth-order valence-electron chi connectivity index (χ4n) is 1.35. The summed E-state index contributed by atoms with van der Waals surface area (Å²) in [5.74, 6) is -0.433. The van der Waals surface area contributed by atoms with Gasteiger partial charge in [-0.2, -0.15) is 4.80 Å². The number of tetrazole rings is 1. The van der Waals surface area contributed by atoms with Crippen molar-refractivity contribution in [3.05, 3.63) is 30.1 Å². The van der Waals surface area contributed by atoms with E-state index in [-0.39, 0.29) is 12.4 Å². The van der Waals surface area contributed by atoms with Crippen LogP contribution in [-0.4, -0.2) is 32.8 Å². The Bertz CT molecular complexity index is 538. The van der Waals surface area contributed by atoms with E-state index in [0.717, 1.165) is 4.80 Å². The lowest BCUT2D eigenvalue weighted by Gasteiger charge is -1.98. The number of halogens is 1. The fraction of sp³-hybridized carbons (Fsp3) is 0.273.